The van der Waals surface area contributed by atoms with Crippen LogP contribution in [-0.2, 0) is 21.1 Å². The molecule has 0 aromatic rings. The molecule has 0 aromatic carbocycles. The van der Waals surface area contributed by atoms with E-state index in [4.69, 9.17) is 48.9 Å². The summed E-state index contributed by atoms with van der Waals surface area (Å²) in [6.45, 7) is 26.1. The van der Waals surface area contributed by atoms with Crippen molar-refractivity contribution in [3.05, 3.63) is 0 Å². The van der Waals surface area contributed by atoms with Crippen LogP contribution in [0.15, 0.2) is 0 Å². The molecule has 242 valence electrons. The Balaban J connectivity index is 0.000000516. The number of rotatable bonds is 4. The van der Waals surface area contributed by atoms with E-state index in [0.717, 1.165) is 72.8 Å². The van der Waals surface area contributed by atoms with Crippen molar-refractivity contribution in [2.45, 2.75) is 79.6 Å². The van der Waals surface area contributed by atoms with E-state index < -0.39 is 0 Å². The monoisotopic (exact) mass is 827 g/mol. The van der Waals surface area contributed by atoms with Gasteiger partial charge in [-0.05, 0) is 104 Å². The van der Waals surface area contributed by atoms with E-state index >= 15 is 0 Å². The second-order valence-electron chi connectivity index (χ2n) is 12.0. The van der Waals surface area contributed by atoms with Crippen molar-refractivity contribution in [2.75, 3.05) is 80.5 Å². The first-order chi connectivity index (χ1) is 18.5. The zero-order valence-electron chi connectivity index (χ0n) is 27.5. The van der Waals surface area contributed by atoms with Gasteiger partial charge in [-0.15, -0.1) is 0 Å². The van der Waals surface area contributed by atoms with Crippen LogP contribution in [0, 0.1) is 0 Å². The molecule has 0 spiro atoms. The van der Waals surface area contributed by atoms with Crippen LogP contribution in [0.4, 0.5) is 0 Å². The van der Waals surface area contributed by atoms with Gasteiger partial charge in [0.15, 0.2) is 20.4 Å². The zero-order valence-corrected chi connectivity index (χ0v) is 33.0. The zero-order chi connectivity index (χ0) is 30.9. The van der Waals surface area contributed by atoms with Crippen molar-refractivity contribution < 1.29 is 21.1 Å². The molecule has 4 heterocycles. The van der Waals surface area contributed by atoms with Gasteiger partial charge >= 0.3 is 0 Å². The molecule has 13 heteroatoms. The molecule has 0 saturated carbocycles. The van der Waals surface area contributed by atoms with Gasteiger partial charge in [0.05, 0.1) is 0 Å². The van der Waals surface area contributed by atoms with Crippen LogP contribution in [0.5, 0.6) is 0 Å². The first-order valence-corrected chi connectivity index (χ1v) is 16.2. The second kappa shape index (κ2) is 19.0. The Morgan fingerprint density at radius 2 is 0.512 bits per heavy atom. The van der Waals surface area contributed by atoms with E-state index in [0.29, 0.717) is 24.2 Å². The largest absolute Gasteiger partial charge is 0.350 e. The fourth-order valence-corrected chi connectivity index (χ4v) is 6.16. The Labute approximate surface area is 287 Å². The summed E-state index contributed by atoms with van der Waals surface area (Å²) in [4.78, 5) is 17.5. The Bertz CT molecular complexity index is 721. The third-order valence-corrected chi connectivity index (χ3v) is 9.67. The molecule has 0 aliphatic carbocycles. The van der Waals surface area contributed by atoms with Crippen molar-refractivity contribution in [3.63, 3.8) is 0 Å². The molecule has 0 radical (unpaired) electrons. The van der Waals surface area contributed by atoms with E-state index in [1.54, 1.807) is 0 Å². The van der Waals surface area contributed by atoms with Crippen molar-refractivity contribution in [3.8, 4) is 0 Å². The number of likely N-dealkylation sites (N-methyl/N-ethyl adjacent to an activating group) is 4. The maximum atomic E-state index is 5.19. The van der Waals surface area contributed by atoms with Crippen LogP contribution < -0.4 is 0 Å². The number of nitrogens with zero attached hydrogens (tertiary/aromatic N) is 8. The van der Waals surface area contributed by atoms with Crippen LogP contribution >= 0.6 is 48.9 Å². The van der Waals surface area contributed by atoms with E-state index in [9.17, 15) is 0 Å². The van der Waals surface area contributed by atoms with Crippen molar-refractivity contribution >= 4 is 69.3 Å². The summed E-state index contributed by atoms with van der Waals surface area (Å²) in [5, 5.41) is 3.98. The predicted octanol–water partition coefficient (Wildman–Crippen LogP) is 3.71. The van der Waals surface area contributed by atoms with E-state index in [-0.39, 0.29) is 21.1 Å². The first-order valence-electron chi connectivity index (χ1n) is 14.6. The molecule has 0 N–H and O–H groups in total. The number of hydrogen-bond donors (Lipinski definition) is 0. The second-order valence-corrected chi connectivity index (χ2v) is 13.4. The molecule has 0 aromatic heterocycles. The Morgan fingerprint density at radius 1 is 0.366 bits per heavy atom. The standard InChI is InChI=1S/4C7H14N2S.Pt/c4*1-6(2)9-5-4-8(3)7(9)10;/h4*6H,4-5H2,1-3H3;. The van der Waals surface area contributed by atoms with Crippen LogP contribution in [0.3, 0.4) is 0 Å². The molecule has 4 saturated heterocycles. The van der Waals surface area contributed by atoms with Gasteiger partial charge in [-0.1, -0.05) is 0 Å². The summed E-state index contributed by atoms with van der Waals surface area (Å²) >= 11 is 20.8. The molecule has 0 atom stereocenters. The van der Waals surface area contributed by atoms with Crippen molar-refractivity contribution in [1.82, 2.24) is 39.2 Å². The van der Waals surface area contributed by atoms with Gasteiger partial charge in [0.25, 0.3) is 0 Å². The van der Waals surface area contributed by atoms with Crippen LogP contribution in [0.2, 0.25) is 0 Å². The summed E-state index contributed by atoms with van der Waals surface area (Å²) in [6.07, 6.45) is 0. The molecule has 4 aliphatic rings. The van der Waals surface area contributed by atoms with Gasteiger partial charge in [-0.25, -0.2) is 0 Å². The Morgan fingerprint density at radius 3 is 0.561 bits per heavy atom. The van der Waals surface area contributed by atoms with E-state index in [2.05, 4.69) is 94.6 Å². The molecule has 0 bridgehead atoms. The van der Waals surface area contributed by atoms with Gasteiger partial charge in [-0.3, -0.25) is 0 Å². The van der Waals surface area contributed by atoms with Crippen molar-refractivity contribution in [2.24, 2.45) is 0 Å². The Hall–Kier alpha value is -0.552. The van der Waals surface area contributed by atoms with Crippen LogP contribution in [0.25, 0.3) is 0 Å². The topological polar surface area (TPSA) is 25.9 Å². The summed E-state index contributed by atoms with van der Waals surface area (Å²) in [5.41, 5.74) is 0. The molecule has 0 unspecified atom stereocenters. The number of hydrogen-bond acceptors (Lipinski definition) is 4. The summed E-state index contributed by atoms with van der Waals surface area (Å²) in [7, 11) is 8.19. The quantitative estimate of drug-likeness (QED) is 0.388. The number of thiocarbonyl (C=S) groups is 4. The summed E-state index contributed by atoms with van der Waals surface area (Å²) in [6, 6.07) is 2.21. The van der Waals surface area contributed by atoms with Gasteiger partial charge in [0, 0.05) is 126 Å². The minimum Gasteiger partial charge on any atom is -0.350 e. The van der Waals surface area contributed by atoms with Crippen LogP contribution in [-0.4, -0.2) is 164 Å². The third kappa shape index (κ3) is 12.2. The smallest absolute Gasteiger partial charge is 0.171 e. The normalized spacial score (nSPS) is 18.9. The fourth-order valence-electron chi connectivity index (χ4n) is 4.59. The molecule has 41 heavy (non-hydrogen) atoms. The maximum Gasteiger partial charge on any atom is 0.171 e. The van der Waals surface area contributed by atoms with Crippen molar-refractivity contribution in [1.29, 1.82) is 0 Å². The van der Waals surface area contributed by atoms with E-state index in [1.807, 2.05) is 28.2 Å². The Kier molecular flexibility index (Phi) is 18.7. The minimum atomic E-state index is 0. The first kappa shape index (κ1) is 40.4. The summed E-state index contributed by atoms with van der Waals surface area (Å²) in [5.74, 6) is 0. The average Bonchev–Trinajstić information content (AvgIpc) is 3.59. The molecule has 4 aliphatic heterocycles. The average molecular weight is 828 g/mol. The molecule has 4 rings (SSSR count). The maximum absolute atomic E-state index is 5.19. The summed E-state index contributed by atoms with van der Waals surface area (Å²) < 4.78 is 0. The molecule has 8 nitrogen and oxygen atoms in total. The van der Waals surface area contributed by atoms with Crippen LogP contribution in [0.1, 0.15) is 55.4 Å². The predicted molar refractivity (Wildman–Crippen MR) is 188 cm³/mol. The molecule has 0 amide bonds. The molecular weight excluding hydrogens is 772 g/mol. The minimum absolute atomic E-state index is 0. The van der Waals surface area contributed by atoms with Gasteiger partial charge < -0.3 is 39.2 Å². The fraction of sp³-hybridized carbons (Fsp3) is 0.857. The van der Waals surface area contributed by atoms with Gasteiger partial charge in [-0.2, -0.15) is 0 Å². The van der Waals surface area contributed by atoms with Gasteiger partial charge in [0.1, 0.15) is 0 Å². The van der Waals surface area contributed by atoms with Gasteiger partial charge in [0.2, 0.25) is 0 Å². The SMILES string of the molecule is CC(C)N1CCN(C)C1=S.CC(C)N1CCN(C)C1=S.CC(C)N1CCN(C)C1=S.CC(C)N1CCN(C)C1=S.[Pt]. The third-order valence-electron chi connectivity index (χ3n) is 7.49. The van der Waals surface area contributed by atoms with E-state index in [1.165, 1.54) is 0 Å². The molecule has 4 fully saturated rings. The molecular formula is C28H56N8PtS4.